The van der Waals surface area contributed by atoms with Crippen LogP contribution in [-0.2, 0) is 17.8 Å². The molecule has 1 saturated carbocycles. The van der Waals surface area contributed by atoms with Crippen molar-refractivity contribution >= 4 is 22.5 Å². The number of aromatic nitrogens is 3. The topological polar surface area (TPSA) is 65.1 Å². The molecule has 0 saturated heterocycles. The molecule has 0 unspecified atom stereocenters. The molecule has 0 atom stereocenters. The predicted molar refractivity (Wildman–Crippen MR) is 106 cm³/mol. The number of aryl methyl sites for hydroxylation is 3. The van der Waals surface area contributed by atoms with Crippen molar-refractivity contribution in [1.82, 2.24) is 20.3 Å². The van der Waals surface area contributed by atoms with Gasteiger partial charge in [0, 0.05) is 38.2 Å². The fourth-order valence-corrected chi connectivity index (χ4v) is 3.81. The monoisotopic (exact) mass is 388 g/mol. The highest BCUT2D eigenvalue weighted by atomic mass is 35.5. The first-order valence-corrected chi connectivity index (χ1v) is 9.80. The molecule has 1 aliphatic rings. The number of hydrogen-bond donors (Lipinski definition) is 1. The second-order valence-corrected chi connectivity index (χ2v) is 7.65. The van der Waals surface area contributed by atoms with E-state index >= 15 is 0 Å². The van der Waals surface area contributed by atoms with Crippen molar-refractivity contribution < 1.29 is 9.26 Å². The average Bonchev–Trinajstić information content (AvgIpc) is 3.33. The molecule has 144 valence electrons. The summed E-state index contributed by atoms with van der Waals surface area (Å²) in [5, 5.41) is 14.2. The van der Waals surface area contributed by atoms with E-state index in [1.54, 1.807) is 7.11 Å². The number of ether oxygens (including phenoxy) is 1. The maximum atomic E-state index is 6.74. The first kappa shape index (κ1) is 18.5. The number of nitrogens with one attached hydrogen (secondary N) is 1. The minimum absolute atomic E-state index is 0.656. The van der Waals surface area contributed by atoms with Crippen LogP contribution < -0.4 is 5.32 Å². The van der Waals surface area contributed by atoms with Gasteiger partial charge in [-0.3, -0.25) is 4.68 Å². The molecule has 7 heteroatoms. The second-order valence-electron chi connectivity index (χ2n) is 7.24. The Morgan fingerprint density at radius 2 is 2.15 bits per heavy atom. The molecule has 2 aromatic heterocycles. The van der Waals surface area contributed by atoms with Crippen LogP contribution >= 0.6 is 11.6 Å². The molecule has 3 aromatic rings. The Morgan fingerprint density at radius 3 is 2.81 bits per heavy atom. The van der Waals surface area contributed by atoms with Crippen LogP contribution in [0.5, 0.6) is 0 Å². The van der Waals surface area contributed by atoms with E-state index in [0.717, 1.165) is 53.1 Å². The largest absolute Gasteiger partial charge is 0.385 e. The third-order valence-corrected chi connectivity index (χ3v) is 5.32. The van der Waals surface area contributed by atoms with E-state index in [9.17, 15) is 0 Å². The fourth-order valence-electron chi connectivity index (χ4n) is 3.49. The van der Waals surface area contributed by atoms with Gasteiger partial charge in [-0.25, -0.2) is 0 Å². The van der Waals surface area contributed by atoms with E-state index in [1.165, 1.54) is 18.4 Å². The van der Waals surface area contributed by atoms with Crippen LogP contribution in [0, 0.1) is 13.8 Å². The summed E-state index contributed by atoms with van der Waals surface area (Å²) in [7, 11) is 1.72. The van der Waals surface area contributed by atoms with Crippen molar-refractivity contribution in [2.45, 2.75) is 52.2 Å². The third kappa shape index (κ3) is 3.74. The summed E-state index contributed by atoms with van der Waals surface area (Å²) in [5.74, 6) is 0.756. The molecule has 0 bridgehead atoms. The van der Waals surface area contributed by atoms with Gasteiger partial charge in [-0.05, 0) is 50.8 Å². The molecular weight excluding hydrogens is 364 g/mol. The van der Waals surface area contributed by atoms with Gasteiger partial charge in [-0.15, -0.1) is 0 Å². The Labute approximate surface area is 163 Å². The van der Waals surface area contributed by atoms with Gasteiger partial charge in [-0.2, -0.15) is 5.10 Å². The molecule has 0 spiro atoms. The minimum Gasteiger partial charge on any atom is -0.385 e. The number of nitrogens with zero attached hydrogens (tertiary/aromatic N) is 3. The normalized spacial score (nSPS) is 14.4. The van der Waals surface area contributed by atoms with Crippen molar-refractivity contribution in [3.63, 3.8) is 0 Å². The molecule has 1 fully saturated rings. The van der Waals surface area contributed by atoms with Gasteiger partial charge < -0.3 is 14.6 Å². The Hall–Kier alpha value is -1.89. The smallest absolute Gasteiger partial charge is 0.143 e. The highest BCUT2D eigenvalue weighted by molar-refractivity contribution is 6.36. The minimum atomic E-state index is 0.656. The van der Waals surface area contributed by atoms with Crippen LogP contribution in [0.4, 0.5) is 0 Å². The van der Waals surface area contributed by atoms with Gasteiger partial charge in [0.15, 0.2) is 0 Å². The zero-order chi connectivity index (χ0) is 19.0. The number of hydrogen-bond acceptors (Lipinski definition) is 5. The van der Waals surface area contributed by atoms with Crippen LogP contribution in [0.3, 0.4) is 0 Å². The van der Waals surface area contributed by atoms with Crippen LogP contribution in [0.15, 0.2) is 16.7 Å². The lowest BCUT2D eigenvalue weighted by atomic mass is 10.0. The zero-order valence-corrected chi connectivity index (χ0v) is 16.8. The zero-order valence-electron chi connectivity index (χ0n) is 16.0. The Balaban J connectivity index is 1.80. The predicted octanol–water partition coefficient (Wildman–Crippen LogP) is 4.25. The molecule has 0 radical (unpaired) electrons. The van der Waals surface area contributed by atoms with Gasteiger partial charge in [-0.1, -0.05) is 16.8 Å². The second kappa shape index (κ2) is 7.62. The van der Waals surface area contributed by atoms with E-state index in [1.807, 2.05) is 24.6 Å². The molecular formula is C20H25ClN4O2. The van der Waals surface area contributed by atoms with Gasteiger partial charge in [0.25, 0.3) is 0 Å². The number of halogens is 1. The standard InChI is InChI=1S/C20H25ClN4O2/c1-12-18(13(2)27-24-12)20-19-16(21)9-14(11-22-15-5-6-15)10-17(19)25(23-20)7-4-8-26-3/h9-10,15,22H,4-8,11H2,1-3H3. The van der Waals surface area contributed by atoms with Gasteiger partial charge in [0.1, 0.15) is 11.5 Å². The third-order valence-electron chi connectivity index (χ3n) is 5.03. The first-order valence-electron chi connectivity index (χ1n) is 9.43. The molecule has 4 rings (SSSR count). The average molecular weight is 389 g/mol. The van der Waals surface area contributed by atoms with Crippen molar-refractivity contribution in [3.05, 3.63) is 34.2 Å². The Morgan fingerprint density at radius 1 is 1.33 bits per heavy atom. The van der Waals surface area contributed by atoms with Crippen molar-refractivity contribution in [2.75, 3.05) is 13.7 Å². The summed E-state index contributed by atoms with van der Waals surface area (Å²) in [6.45, 7) is 6.13. The van der Waals surface area contributed by atoms with Gasteiger partial charge >= 0.3 is 0 Å². The summed E-state index contributed by atoms with van der Waals surface area (Å²) >= 11 is 6.74. The lowest BCUT2D eigenvalue weighted by molar-refractivity contribution is 0.189. The van der Waals surface area contributed by atoms with E-state index < -0.39 is 0 Å². The first-order chi connectivity index (χ1) is 13.1. The molecule has 1 N–H and O–H groups in total. The molecule has 0 amide bonds. The summed E-state index contributed by atoms with van der Waals surface area (Å²) in [4.78, 5) is 0. The van der Waals surface area contributed by atoms with Crippen LogP contribution in [0.2, 0.25) is 5.02 Å². The van der Waals surface area contributed by atoms with E-state index in [4.69, 9.17) is 26.0 Å². The lowest BCUT2D eigenvalue weighted by Crippen LogP contribution is -2.15. The molecule has 0 aliphatic heterocycles. The maximum Gasteiger partial charge on any atom is 0.143 e. The summed E-state index contributed by atoms with van der Waals surface area (Å²) in [6.07, 6.45) is 3.42. The number of benzene rings is 1. The molecule has 2 heterocycles. The molecule has 6 nitrogen and oxygen atoms in total. The maximum absolute atomic E-state index is 6.74. The number of fused-ring (bicyclic) bond motifs is 1. The molecule has 27 heavy (non-hydrogen) atoms. The highest BCUT2D eigenvalue weighted by Gasteiger charge is 2.23. The quantitative estimate of drug-likeness (QED) is 0.584. The van der Waals surface area contributed by atoms with Crippen molar-refractivity contribution in [2.24, 2.45) is 0 Å². The van der Waals surface area contributed by atoms with Gasteiger partial charge in [0.05, 0.1) is 21.8 Å². The van der Waals surface area contributed by atoms with Crippen LogP contribution in [0.25, 0.3) is 22.2 Å². The van der Waals surface area contributed by atoms with E-state index in [0.29, 0.717) is 17.7 Å². The van der Waals surface area contributed by atoms with Gasteiger partial charge in [0.2, 0.25) is 0 Å². The molecule has 1 aromatic carbocycles. The van der Waals surface area contributed by atoms with E-state index in [-0.39, 0.29) is 0 Å². The van der Waals surface area contributed by atoms with Crippen molar-refractivity contribution in [1.29, 1.82) is 0 Å². The molecule has 1 aliphatic carbocycles. The summed E-state index contributed by atoms with van der Waals surface area (Å²) < 4.78 is 12.6. The Bertz CT molecular complexity index is 939. The SMILES string of the molecule is COCCCn1nc(-c2c(C)noc2C)c2c(Cl)cc(CNC3CC3)cc21. The van der Waals surface area contributed by atoms with Crippen molar-refractivity contribution in [3.8, 4) is 11.3 Å². The Kier molecular flexibility index (Phi) is 5.21. The van der Waals surface area contributed by atoms with Crippen LogP contribution in [0.1, 0.15) is 36.3 Å². The van der Waals surface area contributed by atoms with E-state index in [2.05, 4.69) is 16.5 Å². The lowest BCUT2D eigenvalue weighted by Gasteiger charge is -2.07. The number of methoxy groups -OCH3 is 1. The summed E-state index contributed by atoms with van der Waals surface area (Å²) in [5.41, 5.74) is 4.81. The summed E-state index contributed by atoms with van der Waals surface area (Å²) in [6, 6.07) is 4.89. The van der Waals surface area contributed by atoms with Crippen LogP contribution in [-0.4, -0.2) is 34.7 Å². The fraction of sp³-hybridized carbons (Fsp3) is 0.500. The highest BCUT2D eigenvalue weighted by Crippen LogP contribution is 2.37. The number of rotatable bonds is 8.